The van der Waals surface area contributed by atoms with E-state index in [9.17, 15) is 25.2 Å². The van der Waals surface area contributed by atoms with Gasteiger partial charge in [0, 0.05) is 19.3 Å². The van der Waals surface area contributed by atoms with Crippen LogP contribution in [0.4, 0.5) is 0 Å². The van der Waals surface area contributed by atoms with Crippen LogP contribution in [0.5, 0.6) is 11.5 Å². The molecule has 134 valence electrons. The van der Waals surface area contributed by atoms with Crippen LogP contribution in [0.2, 0.25) is 0 Å². The van der Waals surface area contributed by atoms with E-state index in [-0.39, 0.29) is 23.0 Å². The maximum Gasteiger partial charge on any atom is 0.206 e. The van der Waals surface area contributed by atoms with Crippen molar-refractivity contribution in [1.29, 1.82) is 0 Å². The van der Waals surface area contributed by atoms with Crippen molar-refractivity contribution in [3.63, 3.8) is 0 Å². The van der Waals surface area contributed by atoms with Crippen LogP contribution in [0.25, 0.3) is 0 Å². The Morgan fingerprint density at radius 3 is 2.60 bits per heavy atom. The van der Waals surface area contributed by atoms with Crippen molar-refractivity contribution in [3.8, 4) is 11.5 Å². The molecule has 1 fully saturated rings. The summed E-state index contributed by atoms with van der Waals surface area (Å²) in [6.45, 7) is 0. The molecule has 1 aromatic carbocycles. The lowest BCUT2D eigenvalue weighted by atomic mass is 9.80. The molecule has 2 aliphatic rings. The molecule has 4 atom stereocenters. The molecule has 1 aromatic rings. The molecule has 0 saturated carbocycles. The van der Waals surface area contributed by atoms with E-state index in [1.165, 1.54) is 38.5 Å². The van der Waals surface area contributed by atoms with Gasteiger partial charge in [0.1, 0.15) is 17.4 Å². The monoisotopic (exact) mass is 350 g/mol. The fraction of sp³-hybridized carbons (Fsp3) is 0.353. The lowest BCUT2D eigenvalue weighted by molar-refractivity contribution is -0.208. The Morgan fingerprint density at radius 1 is 1.24 bits per heavy atom. The quantitative estimate of drug-likeness (QED) is 0.587. The summed E-state index contributed by atoms with van der Waals surface area (Å²) >= 11 is 0. The highest BCUT2D eigenvalue weighted by Crippen LogP contribution is 2.44. The molecule has 1 heterocycles. The van der Waals surface area contributed by atoms with Gasteiger partial charge in [-0.25, -0.2) is 0 Å². The third-order valence-corrected chi connectivity index (χ3v) is 4.33. The number of ketones is 1. The number of carbonyl (C=O) groups excluding carboxylic acids is 1. The lowest BCUT2D eigenvalue weighted by Gasteiger charge is -2.42. The third kappa shape index (κ3) is 2.74. The number of carbonyl (C=O) groups is 1. The predicted octanol–water partition coefficient (Wildman–Crippen LogP) is 0.693. The summed E-state index contributed by atoms with van der Waals surface area (Å²) in [5.74, 6) is -4.47. The Balaban J connectivity index is 2.02. The molecule has 25 heavy (non-hydrogen) atoms. The molecule has 8 nitrogen and oxygen atoms in total. The molecule has 4 unspecified atom stereocenters. The van der Waals surface area contributed by atoms with Crippen molar-refractivity contribution >= 4 is 5.78 Å². The van der Waals surface area contributed by atoms with Gasteiger partial charge in [-0.15, -0.1) is 0 Å². The van der Waals surface area contributed by atoms with Crippen molar-refractivity contribution in [1.82, 2.24) is 0 Å². The first kappa shape index (κ1) is 17.3. The maximum absolute atomic E-state index is 12.6. The molecule has 0 radical (unpaired) electrons. The molecule has 0 amide bonds. The van der Waals surface area contributed by atoms with Gasteiger partial charge < -0.3 is 34.6 Å². The molecule has 0 spiro atoms. The normalized spacial score (nSPS) is 31.5. The van der Waals surface area contributed by atoms with E-state index in [2.05, 4.69) is 0 Å². The summed E-state index contributed by atoms with van der Waals surface area (Å²) in [5.41, 5.74) is 0.379. The van der Waals surface area contributed by atoms with E-state index in [0.717, 1.165) is 6.08 Å². The number of fused-ring (bicyclic) bond motifs is 1. The molecule has 0 aromatic heterocycles. The van der Waals surface area contributed by atoms with E-state index in [0.29, 0.717) is 5.56 Å². The molecular formula is C17H18O8. The number of methoxy groups -OCH3 is 2. The van der Waals surface area contributed by atoms with E-state index in [1.54, 1.807) is 0 Å². The van der Waals surface area contributed by atoms with Gasteiger partial charge in [0.05, 0.1) is 7.11 Å². The average Bonchev–Trinajstić information content (AvgIpc) is 2.58. The lowest BCUT2D eigenvalue weighted by Crippen LogP contribution is -2.53. The van der Waals surface area contributed by atoms with E-state index in [1.807, 2.05) is 0 Å². The maximum atomic E-state index is 12.6. The minimum Gasteiger partial charge on any atom is -0.508 e. The van der Waals surface area contributed by atoms with Gasteiger partial charge in [0.15, 0.2) is 29.5 Å². The number of Topliss-reactive ketones (excluding diaryl/α,β-unsaturated/α-hetero) is 1. The van der Waals surface area contributed by atoms with Gasteiger partial charge in [-0.2, -0.15) is 0 Å². The summed E-state index contributed by atoms with van der Waals surface area (Å²) < 4.78 is 15.6. The number of rotatable bonds is 3. The standard InChI is InChI=1S/C17H18O8/c1-23-11-5-8(3-4-10(11)19)16-15(21)14(20)13-12(25-16)6-9(18)7-17(13,22)24-2/h3-7,13,15-16,18-19,21-22H,1-2H3. The van der Waals surface area contributed by atoms with Crippen LogP contribution < -0.4 is 4.74 Å². The minimum absolute atomic E-state index is 0.0308. The van der Waals surface area contributed by atoms with Crippen LogP contribution in [0.3, 0.4) is 0 Å². The zero-order chi connectivity index (χ0) is 18.4. The van der Waals surface area contributed by atoms with E-state index >= 15 is 0 Å². The number of phenols is 1. The number of aliphatic hydroxyl groups is 3. The number of hydrogen-bond acceptors (Lipinski definition) is 8. The second kappa shape index (κ2) is 6.07. The fourth-order valence-corrected chi connectivity index (χ4v) is 3.05. The van der Waals surface area contributed by atoms with E-state index < -0.39 is 29.7 Å². The van der Waals surface area contributed by atoms with Gasteiger partial charge in [-0.1, -0.05) is 6.07 Å². The van der Waals surface area contributed by atoms with E-state index in [4.69, 9.17) is 14.2 Å². The number of aromatic hydroxyl groups is 1. The van der Waals surface area contributed by atoms with Crippen LogP contribution in [-0.2, 0) is 14.3 Å². The molecule has 0 bridgehead atoms. The van der Waals surface area contributed by atoms with Crippen LogP contribution in [0, 0.1) is 5.92 Å². The number of aliphatic hydroxyl groups excluding tert-OH is 2. The average molecular weight is 350 g/mol. The summed E-state index contributed by atoms with van der Waals surface area (Å²) in [7, 11) is 2.53. The van der Waals surface area contributed by atoms with Gasteiger partial charge in [0.2, 0.25) is 5.79 Å². The first-order valence-corrected chi connectivity index (χ1v) is 7.47. The number of phenolic OH excluding ortho intramolecular Hbond substituents is 1. The molecule has 1 aliphatic heterocycles. The van der Waals surface area contributed by atoms with Crippen LogP contribution in [0.15, 0.2) is 41.9 Å². The Hall–Kier alpha value is -2.55. The second-order valence-electron chi connectivity index (χ2n) is 5.82. The molecule has 8 heteroatoms. The smallest absolute Gasteiger partial charge is 0.206 e. The van der Waals surface area contributed by atoms with Crippen LogP contribution in [0.1, 0.15) is 11.7 Å². The Kier molecular flexibility index (Phi) is 4.19. The number of allylic oxidation sites excluding steroid dienone is 1. The summed E-state index contributed by atoms with van der Waals surface area (Å²) in [6.07, 6.45) is -0.533. The van der Waals surface area contributed by atoms with Gasteiger partial charge >= 0.3 is 0 Å². The first-order chi connectivity index (χ1) is 11.8. The summed E-state index contributed by atoms with van der Waals surface area (Å²) in [4.78, 5) is 12.6. The summed E-state index contributed by atoms with van der Waals surface area (Å²) in [5, 5.41) is 40.3. The number of ether oxygens (including phenoxy) is 3. The molecular weight excluding hydrogens is 332 g/mol. The second-order valence-corrected chi connectivity index (χ2v) is 5.82. The highest BCUT2D eigenvalue weighted by atomic mass is 16.6. The minimum atomic E-state index is -2.12. The van der Waals surface area contributed by atoms with Crippen molar-refractivity contribution < 1.29 is 39.4 Å². The molecule has 3 rings (SSSR count). The van der Waals surface area contributed by atoms with Gasteiger partial charge in [-0.3, -0.25) is 4.79 Å². The van der Waals surface area contributed by atoms with Crippen molar-refractivity contribution in [2.75, 3.05) is 14.2 Å². The Labute approximate surface area is 143 Å². The highest BCUT2D eigenvalue weighted by molar-refractivity contribution is 5.90. The Bertz CT molecular complexity index is 768. The Morgan fingerprint density at radius 2 is 1.96 bits per heavy atom. The topological polar surface area (TPSA) is 126 Å². The van der Waals surface area contributed by atoms with Gasteiger partial charge in [-0.05, 0) is 17.7 Å². The number of hydrogen-bond donors (Lipinski definition) is 4. The predicted molar refractivity (Wildman–Crippen MR) is 83.7 cm³/mol. The van der Waals surface area contributed by atoms with Crippen LogP contribution >= 0.6 is 0 Å². The first-order valence-electron chi connectivity index (χ1n) is 7.47. The molecule has 1 aliphatic carbocycles. The SMILES string of the molecule is COc1cc(C2OC3=CC(O)=CC(O)(OC)C3C(=O)C2O)ccc1O. The summed E-state index contributed by atoms with van der Waals surface area (Å²) in [6, 6.07) is 4.25. The van der Waals surface area contributed by atoms with Gasteiger partial charge in [0.25, 0.3) is 0 Å². The highest BCUT2D eigenvalue weighted by Gasteiger charge is 2.54. The fourth-order valence-electron chi connectivity index (χ4n) is 3.05. The zero-order valence-electron chi connectivity index (χ0n) is 13.5. The zero-order valence-corrected chi connectivity index (χ0v) is 13.5. The van der Waals surface area contributed by atoms with Crippen LogP contribution in [-0.4, -0.2) is 52.3 Å². The third-order valence-electron chi connectivity index (χ3n) is 4.33. The number of benzene rings is 1. The largest absolute Gasteiger partial charge is 0.508 e. The van der Waals surface area contributed by atoms with Crippen molar-refractivity contribution in [3.05, 3.63) is 47.4 Å². The molecule has 1 saturated heterocycles. The van der Waals surface area contributed by atoms with Crippen molar-refractivity contribution in [2.24, 2.45) is 5.92 Å². The molecule has 4 N–H and O–H groups in total. The van der Waals surface area contributed by atoms with Crippen molar-refractivity contribution in [2.45, 2.75) is 18.0 Å².